The molecule has 1 aromatic heterocycles. The molecule has 0 aliphatic heterocycles. The fourth-order valence-corrected chi connectivity index (χ4v) is 2.09. The minimum Gasteiger partial charge on any atom is -0.294 e. The van der Waals surface area contributed by atoms with E-state index in [-0.39, 0.29) is 28.1 Å². The van der Waals surface area contributed by atoms with E-state index >= 15 is 0 Å². The molecule has 1 aromatic carbocycles. The second-order valence-corrected chi connectivity index (χ2v) is 6.23. The van der Waals surface area contributed by atoms with E-state index in [2.05, 4.69) is 0 Å². The number of benzene rings is 1. The molecule has 4 heteroatoms. The highest BCUT2D eigenvalue weighted by Gasteiger charge is 2.20. The van der Waals surface area contributed by atoms with Crippen LogP contribution in [0.5, 0.6) is 0 Å². The van der Waals surface area contributed by atoms with Crippen molar-refractivity contribution in [3.63, 3.8) is 0 Å². The highest BCUT2D eigenvalue weighted by atomic mass is 19.1. The molecule has 0 fully saturated rings. The summed E-state index contributed by atoms with van der Waals surface area (Å²) in [5.41, 5.74) is 0.141. The van der Waals surface area contributed by atoms with Gasteiger partial charge in [0.2, 0.25) is 0 Å². The van der Waals surface area contributed by atoms with Crippen molar-refractivity contribution in [2.75, 3.05) is 0 Å². The minimum absolute atomic E-state index is 0.164. The van der Waals surface area contributed by atoms with Crippen LogP contribution >= 0.6 is 0 Å². The van der Waals surface area contributed by atoms with Crippen molar-refractivity contribution < 1.29 is 9.18 Å². The molecule has 3 nitrogen and oxygen atoms in total. The van der Waals surface area contributed by atoms with Crippen LogP contribution in [0.25, 0.3) is 5.69 Å². The van der Waals surface area contributed by atoms with E-state index < -0.39 is 0 Å². The van der Waals surface area contributed by atoms with Gasteiger partial charge in [-0.05, 0) is 41.8 Å². The summed E-state index contributed by atoms with van der Waals surface area (Å²) < 4.78 is 14.3. The van der Waals surface area contributed by atoms with Gasteiger partial charge in [0.25, 0.3) is 5.56 Å². The molecule has 0 spiro atoms. The Labute approximate surface area is 123 Å². The van der Waals surface area contributed by atoms with Gasteiger partial charge in [-0.3, -0.25) is 14.2 Å². The lowest BCUT2D eigenvalue weighted by Gasteiger charge is -2.16. The average Bonchev–Trinajstić information content (AvgIpc) is 2.38. The molecule has 1 heterocycles. The SMILES string of the molecule is CC(C)(C)CC(=O)c1cccn(-c2ccc(F)cc2)c1=O. The van der Waals surface area contributed by atoms with Crippen LogP contribution in [0.1, 0.15) is 37.6 Å². The molecule has 0 amide bonds. The molecule has 0 unspecified atom stereocenters. The molecule has 0 atom stereocenters. The molecule has 21 heavy (non-hydrogen) atoms. The molecule has 2 aromatic rings. The van der Waals surface area contributed by atoms with E-state index in [1.807, 2.05) is 20.8 Å². The molecule has 0 aliphatic rings. The number of pyridine rings is 1. The third-order valence-corrected chi connectivity index (χ3v) is 3.04. The lowest BCUT2D eigenvalue weighted by molar-refractivity contribution is 0.0938. The van der Waals surface area contributed by atoms with Crippen LogP contribution in [0.15, 0.2) is 47.4 Å². The van der Waals surface area contributed by atoms with Crippen molar-refractivity contribution in [3.05, 3.63) is 64.3 Å². The van der Waals surface area contributed by atoms with Gasteiger partial charge in [-0.15, -0.1) is 0 Å². The highest BCUT2D eigenvalue weighted by molar-refractivity contribution is 5.96. The predicted molar refractivity (Wildman–Crippen MR) is 80.4 cm³/mol. The maximum atomic E-state index is 13.0. The molecule has 0 radical (unpaired) electrons. The van der Waals surface area contributed by atoms with Crippen LogP contribution in [0.4, 0.5) is 4.39 Å². The summed E-state index contributed by atoms with van der Waals surface area (Å²) in [5.74, 6) is -0.546. The molecule has 0 aliphatic carbocycles. The largest absolute Gasteiger partial charge is 0.294 e. The van der Waals surface area contributed by atoms with Crippen LogP contribution in [-0.2, 0) is 0 Å². The van der Waals surface area contributed by atoms with E-state index in [4.69, 9.17) is 0 Å². The first-order chi connectivity index (χ1) is 9.78. The van der Waals surface area contributed by atoms with Crippen molar-refractivity contribution in [3.8, 4) is 5.69 Å². The van der Waals surface area contributed by atoms with Crippen molar-refractivity contribution >= 4 is 5.78 Å². The van der Waals surface area contributed by atoms with Crippen LogP contribution in [0.2, 0.25) is 0 Å². The van der Waals surface area contributed by atoms with Gasteiger partial charge in [0.1, 0.15) is 5.82 Å². The van der Waals surface area contributed by atoms with Gasteiger partial charge in [0, 0.05) is 18.3 Å². The second kappa shape index (κ2) is 5.64. The summed E-state index contributed by atoms with van der Waals surface area (Å²) in [7, 11) is 0. The van der Waals surface area contributed by atoms with E-state index in [1.54, 1.807) is 12.3 Å². The number of ketones is 1. The Hall–Kier alpha value is -2.23. The van der Waals surface area contributed by atoms with Gasteiger partial charge >= 0.3 is 0 Å². The number of carbonyl (C=O) groups is 1. The number of carbonyl (C=O) groups excluding carboxylic acids is 1. The van der Waals surface area contributed by atoms with Crippen molar-refractivity contribution in [2.24, 2.45) is 5.41 Å². The van der Waals surface area contributed by atoms with E-state index in [9.17, 15) is 14.0 Å². The number of rotatable bonds is 3. The number of nitrogens with zero attached hydrogens (tertiary/aromatic N) is 1. The number of hydrogen-bond donors (Lipinski definition) is 0. The van der Waals surface area contributed by atoms with Crippen molar-refractivity contribution in [2.45, 2.75) is 27.2 Å². The maximum Gasteiger partial charge on any atom is 0.265 e. The topological polar surface area (TPSA) is 39.1 Å². The summed E-state index contributed by atoms with van der Waals surface area (Å²) in [4.78, 5) is 24.7. The standard InChI is InChI=1S/C17H18FNO2/c1-17(2,3)11-15(20)14-5-4-10-19(16(14)21)13-8-6-12(18)7-9-13/h4-10H,11H2,1-3H3. The molecule has 0 saturated heterocycles. The van der Waals surface area contributed by atoms with Gasteiger partial charge in [-0.1, -0.05) is 20.8 Å². The zero-order valence-corrected chi connectivity index (χ0v) is 12.4. The second-order valence-electron chi connectivity index (χ2n) is 6.23. The first-order valence-corrected chi connectivity index (χ1v) is 6.79. The Morgan fingerprint density at radius 3 is 2.33 bits per heavy atom. The Morgan fingerprint density at radius 1 is 1.14 bits per heavy atom. The summed E-state index contributed by atoms with van der Waals surface area (Å²) in [6.45, 7) is 5.85. The molecule has 0 bridgehead atoms. The lowest BCUT2D eigenvalue weighted by atomic mass is 9.88. The zero-order valence-electron chi connectivity index (χ0n) is 12.4. The van der Waals surface area contributed by atoms with Gasteiger partial charge in [0.05, 0.1) is 5.56 Å². The molecule has 110 valence electrons. The van der Waals surface area contributed by atoms with E-state index in [1.165, 1.54) is 34.9 Å². The van der Waals surface area contributed by atoms with Gasteiger partial charge in [-0.25, -0.2) is 4.39 Å². The average molecular weight is 287 g/mol. The first kappa shape index (κ1) is 15.2. The summed E-state index contributed by atoms with van der Waals surface area (Å²) in [6, 6.07) is 8.78. The summed E-state index contributed by atoms with van der Waals surface area (Å²) in [5, 5.41) is 0. The quantitative estimate of drug-likeness (QED) is 0.809. The molecule has 0 saturated carbocycles. The number of aromatic nitrogens is 1. The van der Waals surface area contributed by atoms with Crippen molar-refractivity contribution in [1.29, 1.82) is 0 Å². The summed E-state index contributed by atoms with van der Waals surface area (Å²) >= 11 is 0. The normalized spacial score (nSPS) is 11.4. The lowest BCUT2D eigenvalue weighted by Crippen LogP contribution is -2.26. The highest BCUT2D eigenvalue weighted by Crippen LogP contribution is 2.20. The number of halogens is 1. The van der Waals surface area contributed by atoms with Gasteiger partial charge in [0.15, 0.2) is 5.78 Å². The Morgan fingerprint density at radius 2 is 1.76 bits per heavy atom. The fourth-order valence-electron chi connectivity index (χ4n) is 2.09. The smallest absolute Gasteiger partial charge is 0.265 e. The van der Waals surface area contributed by atoms with Crippen molar-refractivity contribution in [1.82, 2.24) is 4.57 Å². The third kappa shape index (κ3) is 3.66. The molecular formula is C17H18FNO2. The third-order valence-electron chi connectivity index (χ3n) is 3.04. The van der Waals surface area contributed by atoms with E-state index in [0.717, 1.165) is 0 Å². The van der Waals surface area contributed by atoms with E-state index in [0.29, 0.717) is 12.1 Å². The maximum absolute atomic E-state index is 13.0. The van der Waals surface area contributed by atoms with Crippen LogP contribution in [0, 0.1) is 11.2 Å². The molecular weight excluding hydrogens is 269 g/mol. The number of Topliss-reactive ketones (excluding diaryl/α,β-unsaturated/α-hetero) is 1. The minimum atomic E-state index is -0.377. The Kier molecular flexibility index (Phi) is 4.07. The van der Waals surface area contributed by atoms with Crippen LogP contribution < -0.4 is 5.56 Å². The Bertz CT molecular complexity index is 709. The summed E-state index contributed by atoms with van der Waals surface area (Å²) in [6.07, 6.45) is 1.87. The molecule has 0 N–H and O–H groups in total. The predicted octanol–water partition coefficient (Wildman–Crippen LogP) is 3.60. The fraction of sp³-hybridized carbons (Fsp3) is 0.294. The first-order valence-electron chi connectivity index (χ1n) is 6.79. The van der Waals surface area contributed by atoms with Gasteiger partial charge in [-0.2, -0.15) is 0 Å². The van der Waals surface area contributed by atoms with Crippen LogP contribution in [-0.4, -0.2) is 10.4 Å². The Balaban J connectivity index is 2.43. The number of hydrogen-bond acceptors (Lipinski definition) is 2. The van der Waals surface area contributed by atoms with Crippen LogP contribution in [0.3, 0.4) is 0 Å². The molecule has 2 rings (SSSR count). The monoisotopic (exact) mass is 287 g/mol. The van der Waals surface area contributed by atoms with Gasteiger partial charge < -0.3 is 0 Å². The zero-order chi connectivity index (χ0) is 15.6.